The van der Waals surface area contributed by atoms with Crippen molar-refractivity contribution in [1.29, 1.82) is 0 Å². The monoisotopic (exact) mass is 185 g/mol. The molecule has 1 heterocycles. The second kappa shape index (κ2) is 3.80. The molecule has 6 nitrogen and oxygen atoms in total. The molecule has 3 N–H and O–H groups in total. The smallest absolute Gasteiger partial charge is 0.204 e. The van der Waals surface area contributed by atoms with E-state index in [1.54, 1.807) is 6.92 Å². The minimum absolute atomic E-state index is 0.140. The van der Waals surface area contributed by atoms with E-state index >= 15 is 0 Å². The molecular formula is C7H15N5O. The van der Waals surface area contributed by atoms with Crippen molar-refractivity contribution in [3.05, 3.63) is 5.82 Å². The number of nitrogens with zero attached hydrogens (tertiary/aromatic N) is 4. The molecular weight excluding hydrogens is 170 g/mol. The van der Waals surface area contributed by atoms with E-state index < -0.39 is 6.10 Å². The lowest BCUT2D eigenvalue weighted by Crippen LogP contribution is -2.25. The Bertz CT molecular complexity index is 270. The van der Waals surface area contributed by atoms with E-state index in [9.17, 15) is 5.11 Å². The summed E-state index contributed by atoms with van der Waals surface area (Å²) in [6.07, 6.45) is -0.840. The van der Waals surface area contributed by atoms with Crippen molar-refractivity contribution in [3.63, 3.8) is 0 Å². The van der Waals surface area contributed by atoms with Crippen LogP contribution in [-0.2, 0) is 0 Å². The van der Waals surface area contributed by atoms with Crippen LogP contribution in [0.25, 0.3) is 0 Å². The van der Waals surface area contributed by atoms with Gasteiger partial charge in [0.25, 0.3) is 0 Å². The van der Waals surface area contributed by atoms with E-state index in [-0.39, 0.29) is 17.9 Å². The average molecular weight is 185 g/mol. The molecule has 6 heteroatoms. The molecule has 1 rings (SSSR count). The maximum absolute atomic E-state index is 9.49. The summed E-state index contributed by atoms with van der Waals surface area (Å²) in [6, 6.07) is -0.244. The molecule has 0 aliphatic heterocycles. The van der Waals surface area contributed by atoms with Crippen molar-refractivity contribution in [2.45, 2.75) is 39.0 Å². The minimum Gasteiger partial charge on any atom is -0.383 e. The van der Waals surface area contributed by atoms with Crippen LogP contribution in [0.15, 0.2) is 0 Å². The van der Waals surface area contributed by atoms with Crippen LogP contribution in [0.3, 0.4) is 0 Å². The molecule has 1 aromatic rings. The van der Waals surface area contributed by atoms with Gasteiger partial charge in [-0.15, -0.1) is 10.2 Å². The second-order valence-corrected chi connectivity index (χ2v) is 3.37. The van der Waals surface area contributed by atoms with Gasteiger partial charge >= 0.3 is 0 Å². The summed E-state index contributed by atoms with van der Waals surface area (Å²) in [4.78, 5) is 1.45. The molecule has 1 aromatic heterocycles. The fourth-order valence-corrected chi connectivity index (χ4v) is 0.809. The van der Waals surface area contributed by atoms with Gasteiger partial charge in [-0.05, 0) is 26.0 Å². The molecule has 0 spiro atoms. The van der Waals surface area contributed by atoms with Crippen LogP contribution in [0.2, 0.25) is 0 Å². The quantitative estimate of drug-likeness (QED) is 0.670. The summed E-state index contributed by atoms with van der Waals surface area (Å²) in [6.45, 7) is 5.56. The summed E-state index contributed by atoms with van der Waals surface area (Å²) < 4.78 is 0. The minimum atomic E-state index is -0.840. The first-order valence-electron chi connectivity index (χ1n) is 4.25. The van der Waals surface area contributed by atoms with Crippen LogP contribution >= 0.6 is 0 Å². The summed E-state index contributed by atoms with van der Waals surface area (Å²) in [7, 11) is 0. The molecule has 0 aliphatic rings. The van der Waals surface area contributed by atoms with Crippen LogP contribution in [-0.4, -0.2) is 31.4 Å². The summed E-state index contributed by atoms with van der Waals surface area (Å²) >= 11 is 0. The van der Waals surface area contributed by atoms with Gasteiger partial charge in [0, 0.05) is 6.04 Å². The van der Waals surface area contributed by atoms with Crippen molar-refractivity contribution in [1.82, 2.24) is 20.2 Å². The lowest BCUT2D eigenvalue weighted by atomic mass is 10.2. The zero-order valence-corrected chi connectivity index (χ0v) is 8.05. The fraction of sp³-hybridized carbons (Fsp3) is 0.857. The zero-order chi connectivity index (χ0) is 10.0. The number of aliphatic hydroxyl groups is 1. The van der Waals surface area contributed by atoms with Crippen LogP contribution in [0.4, 0.5) is 0 Å². The molecule has 0 amide bonds. The lowest BCUT2D eigenvalue weighted by Gasteiger charge is -2.08. The fourth-order valence-electron chi connectivity index (χ4n) is 0.809. The molecule has 0 saturated carbocycles. The highest BCUT2D eigenvalue weighted by molar-refractivity contribution is 4.88. The standard InChI is InChI=1S/C7H15N5O/c1-4(2)12-10-7(9-11-12)6(13)5(3)8/h4-6,13H,8H2,1-3H3. The number of hydrogen-bond donors (Lipinski definition) is 2. The van der Waals surface area contributed by atoms with E-state index in [4.69, 9.17) is 5.73 Å². The molecule has 2 unspecified atom stereocenters. The van der Waals surface area contributed by atoms with Gasteiger partial charge in [-0.1, -0.05) is 0 Å². The SMILES string of the molecule is CC(N)C(O)c1nnn(C(C)C)n1. The van der Waals surface area contributed by atoms with Gasteiger partial charge in [-0.25, -0.2) is 0 Å². The van der Waals surface area contributed by atoms with Gasteiger partial charge in [0.05, 0.1) is 6.04 Å². The zero-order valence-electron chi connectivity index (χ0n) is 8.05. The maximum Gasteiger partial charge on any atom is 0.204 e. The van der Waals surface area contributed by atoms with E-state index in [1.807, 2.05) is 13.8 Å². The first-order chi connectivity index (χ1) is 6.02. The Labute approximate surface area is 76.7 Å². The Morgan fingerprint density at radius 3 is 2.38 bits per heavy atom. The Balaban J connectivity index is 2.79. The van der Waals surface area contributed by atoms with Gasteiger partial charge in [0.15, 0.2) is 0 Å². The third-order valence-electron chi connectivity index (χ3n) is 1.67. The number of nitrogens with two attached hydrogens (primary N) is 1. The second-order valence-electron chi connectivity index (χ2n) is 3.37. The molecule has 0 fully saturated rings. The predicted molar refractivity (Wildman–Crippen MR) is 46.8 cm³/mol. The molecule has 2 atom stereocenters. The Kier molecular flexibility index (Phi) is 2.94. The number of tetrazole rings is 1. The van der Waals surface area contributed by atoms with Crippen LogP contribution in [0, 0.1) is 0 Å². The number of aromatic nitrogens is 4. The predicted octanol–water partition coefficient (Wildman–Crippen LogP) is -0.365. The molecule has 0 aromatic carbocycles. The van der Waals surface area contributed by atoms with Gasteiger partial charge in [0.2, 0.25) is 5.82 Å². The van der Waals surface area contributed by atoms with Gasteiger partial charge < -0.3 is 10.8 Å². The van der Waals surface area contributed by atoms with Gasteiger partial charge in [-0.3, -0.25) is 0 Å². The normalized spacial score (nSPS) is 16.2. The summed E-state index contributed by atoms with van der Waals surface area (Å²) in [5.74, 6) is 0.281. The van der Waals surface area contributed by atoms with Crippen molar-refractivity contribution in [2.24, 2.45) is 5.73 Å². The Morgan fingerprint density at radius 2 is 2.00 bits per heavy atom. The number of hydrogen-bond acceptors (Lipinski definition) is 5. The number of aliphatic hydroxyl groups excluding tert-OH is 1. The third kappa shape index (κ3) is 2.22. The van der Waals surface area contributed by atoms with E-state index in [1.165, 1.54) is 4.80 Å². The average Bonchev–Trinajstić information content (AvgIpc) is 2.50. The Morgan fingerprint density at radius 1 is 1.38 bits per heavy atom. The molecule has 0 saturated heterocycles. The molecule has 74 valence electrons. The third-order valence-corrected chi connectivity index (χ3v) is 1.67. The van der Waals surface area contributed by atoms with Crippen molar-refractivity contribution >= 4 is 0 Å². The molecule has 0 aliphatic carbocycles. The van der Waals surface area contributed by atoms with E-state index in [0.717, 1.165) is 0 Å². The topological polar surface area (TPSA) is 89.9 Å². The van der Waals surface area contributed by atoms with Crippen molar-refractivity contribution in [2.75, 3.05) is 0 Å². The van der Waals surface area contributed by atoms with Crippen LogP contribution in [0.1, 0.15) is 38.7 Å². The van der Waals surface area contributed by atoms with Gasteiger partial charge in [-0.2, -0.15) is 4.80 Å². The first kappa shape index (κ1) is 10.1. The maximum atomic E-state index is 9.49. The lowest BCUT2D eigenvalue weighted by molar-refractivity contribution is 0.143. The highest BCUT2D eigenvalue weighted by Gasteiger charge is 2.18. The summed E-state index contributed by atoms with van der Waals surface area (Å²) in [5, 5.41) is 21.0. The van der Waals surface area contributed by atoms with E-state index in [2.05, 4.69) is 15.4 Å². The Hall–Kier alpha value is -1.01. The van der Waals surface area contributed by atoms with Crippen molar-refractivity contribution < 1.29 is 5.11 Å². The molecule has 0 radical (unpaired) electrons. The highest BCUT2D eigenvalue weighted by atomic mass is 16.3. The van der Waals surface area contributed by atoms with E-state index in [0.29, 0.717) is 0 Å². The van der Waals surface area contributed by atoms with Crippen LogP contribution in [0.5, 0.6) is 0 Å². The van der Waals surface area contributed by atoms with Crippen molar-refractivity contribution in [3.8, 4) is 0 Å². The van der Waals surface area contributed by atoms with Gasteiger partial charge in [0.1, 0.15) is 6.10 Å². The molecule has 13 heavy (non-hydrogen) atoms. The first-order valence-corrected chi connectivity index (χ1v) is 4.25. The van der Waals surface area contributed by atoms with Crippen LogP contribution < -0.4 is 5.73 Å². The highest BCUT2D eigenvalue weighted by Crippen LogP contribution is 2.09. The summed E-state index contributed by atoms with van der Waals surface area (Å²) in [5.41, 5.74) is 5.49. The number of rotatable bonds is 3. The molecule has 0 bridgehead atoms. The largest absolute Gasteiger partial charge is 0.383 e.